The lowest BCUT2D eigenvalue weighted by molar-refractivity contribution is -0.321. The number of carboxylic acid groups (broad SMARTS) is 1. The Kier molecular flexibility index (Phi) is 4.49. The van der Waals surface area contributed by atoms with Gasteiger partial charge in [-0.2, -0.15) is 0 Å². The van der Waals surface area contributed by atoms with E-state index in [0.29, 0.717) is 32.6 Å². The maximum Gasteiger partial charge on any atom is 0.410 e. The molecule has 1 aromatic carbocycles. The first-order chi connectivity index (χ1) is 11.7. The molecule has 0 saturated carbocycles. The average molecular weight is 345 g/mol. The average Bonchev–Trinajstić information content (AvgIpc) is 2.94. The Hall–Kier alpha value is -2.08. The van der Waals surface area contributed by atoms with Gasteiger partial charge in [-0.3, -0.25) is 4.90 Å². The van der Waals surface area contributed by atoms with Crippen LogP contribution in [0.5, 0.6) is 0 Å². The van der Waals surface area contributed by atoms with Crippen LogP contribution in [0, 0.1) is 0 Å². The van der Waals surface area contributed by atoms with Crippen LogP contribution >= 0.6 is 0 Å². The van der Waals surface area contributed by atoms with Crippen LogP contribution in [0.1, 0.15) is 38.3 Å². The van der Waals surface area contributed by atoms with E-state index in [2.05, 4.69) is 0 Å². The highest BCUT2D eigenvalue weighted by Crippen LogP contribution is 2.41. The molecule has 25 heavy (non-hydrogen) atoms. The van der Waals surface area contributed by atoms with E-state index < -0.39 is 17.1 Å². The maximum absolute atomic E-state index is 12.2. The molecular weight excluding hydrogens is 320 g/mol. The fraction of sp³-hybridized carbons (Fsp3) is 0.579. The highest BCUT2D eigenvalue weighted by Gasteiger charge is 2.46. The molecule has 1 heterocycles. The molecule has 1 aromatic rings. The van der Waals surface area contributed by atoms with E-state index in [4.69, 9.17) is 4.74 Å². The third-order valence-electron chi connectivity index (χ3n) is 5.03. The van der Waals surface area contributed by atoms with E-state index >= 15 is 0 Å². The van der Waals surface area contributed by atoms with Crippen molar-refractivity contribution < 1.29 is 19.4 Å². The lowest BCUT2D eigenvalue weighted by Crippen LogP contribution is -2.62. The van der Waals surface area contributed by atoms with Gasteiger partial charge in [0, 0.05) is 26.2 Å². The van der Waals surface area contributed by atoms with Gasteiger partial charge in [0.25, 0.3) is 0 Å². The van der Waals surface area contributed by atoms with Crippen molar-refractivity contribution in [2.75, 3.05) is 26.2 Å². The second-order valence-corrected chi connectivity index (χ2v) is 7.76. The Morgan fingerprint density at radius 2 is 1.76 bits per heavy atom. The van der Waals surface area contributed by atoms with Crippen molar-refractivity contribution >= 4 is 12.1 Å². The number of hydrogen-bond acceptors (Lipinski definition) is 5. The summed E-state index contributed by atoms with van der Waals surface area (Å²) in [6, 6.07) is 7.68. The lowest BCUT2D eigenvalue weighted by Gasteiger charge is -2.47. The SMILES string of the molecule is CC(C)(C)OC(=O)N1CCN(C2(C(=O)[O-])CCc3ccccc32)CC1. The quantitative estimate of drug-likeness (QED) is 0.803. The molecule has 136 valence electrons. The van der Waals surface area contributed by atoms with E-state index in [0.717, 1.165) is 17.5 Å². The molecule has 0 aromatic heterocycles. The Labute approximate surface area is 148 Å². The smallest absolute Gasteiger partial charge is 0.410 e. The second kappa shape index (κ2) is 6.33. The van der Waals surface area contributed by atoms with Crippen LogP contribution in [0.25, 0.3) is 0 Å². The molecule has 1 fully saturated rings. The van der Waals surface area contributed by atoms with E-state index in [9.17, 15) is 14.7 Å². The number of hydrogen-bond donors (Lipinski definition) is 0. The fourth-order valence-corrected chi connectivity index (χ4v) is 3.86. The normalized spacial score (nSPS) is 24.0. The first kappa shape index (κ1) is 17.7. The molecule has 0 radical (unpaired) electrons. The summed E-state index contributed by atoms with van der Waals surface area (Å²) in [4.78, 5) is 27.9. The highest BCUT2D eigenvalue weighted by atomic mass is 16.6. The number of carbonyl (C=O) groups is 2. The number of amides is 1. The molecule has 0 bridgehead atoms. The first-order valence-corrected chi connectivity index (χ1v) is 8.77. The second-order valence-electron chi connectivity index (χ2n) is 7.76. The van der Waals surface area contributed by atoms with Crippen molar-refractivity contribution in [2.24, 2.45) is 0 Å². The number of rotatable bonds is 2. The third-order valence-corrected chi connectivity index (χ3v) is 5.03. The molecule has 1 aliphatic carbocycles. The van der Waals surface area contributed by atoms with Crippen LogP contribution in [0.15, 0.2) is 24.3 Å². The van der Waals surface area contributed by atoms with Crippen LogP contribution in [0.4, 0.5) is 4.79 Å². The number of aliphatic carboxylic acids is 1. The minimum atomic E-state index is -1.09. The number of carboxylic acids is 1. The molecule has 1 unspecified atom stereocenters. The Morgan fingerprint density at radius 3 is 2.36 bits per heavy atom. The number of piperazine rings is 1. The maximum atomic E-state index is 12.2. The molecule has 6 heteroatoms. The summed E-state index contributed by atoms with van der Waals surface area (Å²) in [5.74, 6) is -1.05. The van der Waals surface area contributed by atoms with Crippen LogP contribution in [-0.2, 0) is 21.5 Å². The molecule has 1 saturated heterocycles. The summed E-state index contributed by atoms with van der Waals surface area (Å²) in [5, 5.41) is 12.1. The van der Waals surface area contributed by atoms with Crippen molar-refractivity contribution in [2.45, 2.75) is 44.8 Å². The molecule has 1 amide bonds. The zero-order valence-corrected chi connectivity index (χ0v) is 15.1. The van der Waals surface area contributed by atoms with E-state index in [1.807, 2.05) is 49.9 Å². The minimum absolute atomic E-state index is 0.346. The van der Waals surface area contributed by atoms with Crippen molar-refractivity contribution in [1.82, 2.24) is 9.80 Å². The Balaban J connectivity index is 1.75. The van der Waals surface area contributed by atoms with Crippen LogP contribution in [0.3, 0.4) is 0 Å². The van der Waals surface area contributed by atoms with Crippen LogP contribution < -0.4 is 5.11 Å². The van der Waals surface area contributed by atoms with Gasteiger partial charge in [-0.05, 0) is 44.7 Å². The topological polar surface area (TPSA) is 72.9 Å². The predicted molar refractivity (Wildman–Crippen MR) is 90.8 cm³/mol. The molecule has 6 nitrogen and oxygen atoms in total. The lowest BCUT2D eigenvalue weighted by atomic mass is 9.89. The number of aryl methyl sites for hydroxylation is 1. The monoisotopic (exact) mass is 345 g/mol. The summed E-state index contributed by atoms with van der Waals surface area (Å²) < 4.78 is 5.41. The van der Waals surface area contributed by atoms with Crippen molar-refractivity contribution in [3.63, 3.8) is 0 Å². The summed E-state index contributed by atoms with van der Waals surface area (Å²) >= 11 is 0. The van der Waals surface area contributed by atoms with Gasteiger partial charge in [-0.1, -0.05) is 24.3 Å². The first-order valence-electron chi connectivity index (χ1n) is 8.77. The minimum Gasteiger partial charge on any atom is -0.548 e. The zero-order chi connectivity index (χ0) is 18.2. The predicted octanol–water partition coefficient (Wildman–Crippen LogP) is 1.13. The van der Waals surface area contributed by atoms with Gasteiger partial charge >= 0.3 is 6.09 Å². The van der Waals surface area contributed by atoms with Gasteiger partial charge in [0.1, 0.15) is 5.60 Å². The van der Waals surface area contributed by atoms with Gasteiger partial charge in [0.2, 0.25) is 0 Å². The number of benzene rings is 1. The number of ether oxygens (including phenoxy) is 1. The Morgan fingerprint density at radius 1 is 1.12 bits per heavy atom. The van der Waals surface area contributed by atoms with Gasteiger partial charge in [0.05, 0.1) is 11.5 Å². The zero-order valence-electron chi connectivity index (χ0n) is 15.1. The Bertz CT molecular complexity index is 674. The van der Waals surface area contributed by atoms with E-state index in [-0.39, 0.29) is 6.09 Å². The van der Waals surface area contributed by atoms with Crippen molar-refractivity contribution in [1.29, 1.82) is 0 Å². The number of nitrogens with zero attached hydrogens (tertiary/aromatic N) is 2. The molecular formula is C19H25N2O4-. The van der Waals surface area contributed by atoms with E-state index in [1.165, 1.54) is 0 Å². The summed E-state index contributed by atoms with van der Waals surface area (Å²) in [7, 11) is 0. The molecule has 1 aliphatic heterocycles. The van der Waals surface area contributed by atoms with E-state index in [1.54, 1.807) is 4.90 Å². The van der Waals surface area contributed by atoms with Gasteiger partial charge in [0.15, 0.2) is 0 Å². The van der Waals surface area contributed by atoms with Gasteiger partial charge in [-0.25, -0.2) is 4.79 Å². The van der Waals surface area contributed by atoms with Crippen molar-refractivity contribution in [3.05, 3.63) is 35.4 Å². The summed E-state index contributed by atoms with van der Waals surface area (Å²) in [6.45, 7) is 7.38. The van der Waals surface area contributed by atoms with Crippen molar-refractivity contribution in [3.8, 4) is 0 Å². The highest BCUT2D eigenvalue weighted by molar-refractivity contribution is 5.81. The molecule has 2 aliphatic rings. The van der Waals surface area contributed by atoms with Gasteiger partial charge in [-0.15, -0.1) is 0 Å². The molecule has 0 N–H and O–H groups in total. The largest absolute Gasteiger partial charge is 0.548 e. The molecule has 3 rings (SSSR count). The summed E-state index contributed by atoms with van der Waals surface area (Å²) in [6.07, 6.45) is 0.902. The standard InChI is InChI=1S/C19H26N2O4/c1-18(2,3)25-17(24)20-10-12-21(13-11-20)19(16(22)23)9-8-14-6-4-5-7-15(14)19/h4-7H,8-13H2,1-3H3,(H,22,23)/p-1. The van der Waals surface area contributed by atoms with Gasteiger partial charge < -0.3 is 19.5 Å². The van der Waals surface area contributed by atoms with Crippen LogP contribution in [-0.4, -0.2) is 53.6 Å². The van der Waals surface area contributed by atoms with Crippen LogP contribution in [0.2, 0.25) is 0 Å². The fourth-order valence-electron chi connectivity index (χ4n) is 3.86. The third kappa shape index (κ3) is 3.23. The number of carbonyl (C=O) groups excluding carboxylic acids is 2. The summed E-state index contributed by atoms with van der Waals surface area (Å²) in [5.41, 5.74) is 0.281. The molecule has 1 atom stereocenters. The number of fused-ring (bicyclic) bond motifs is 1. The molecule has 0 spiro atoms.